The summed E-state index contributed by atoms with van der Waals surface area (Å²) in [5.41, 5.74) is 0.263. The number of ketones is 1. The lowest BCUT2D eigenvalue weighted by atomic mass is 10.1. The summed E-state index contributed by atoms with van der Waals surface area (Å²) in [5, 5.41) is 0. The van der Waals surface area contributed by atoms with Gasteiger partial charge in [-0.2, -0.15) is 0 Å². The quantitative estimate of drug-likeness (QED) is 0.622. The van der Waals surface area contributed by atoms with Crippen molar-refractivity contribution in [2.45, 2.75) is 6.43 Å². The fourth-order valence-corrected chi connectivity index (χ4v) is 0.814. The Kier molecular flexibility index (Phi) is 2.53. The van der Waals surface area contributed by atoms with Crippen molar-refractivity contribution in [1.82, 2.24) is 0 Å². The molecule has 0 aliphatic heterocycles. The summed E-state index contributed by atoms with van der Waals surface area (Å²) in [5.74, 6) is -0.365. The van der Waals surface area contributed by atoms with Crippen molar-refractivity contribution in [2.24, 2.45) is 0 Å². The van der Waals surface area contributed by atoms with Crippen molar-refractivity contribution in [3.8, 4) is 0 Å². The largest absolute Gasteiger partial charge is 0.294 e. The van der Waals surface area contributed by atoms with E-state index in [1.54, 1.807) is 0 Å². The van der Waals surface area contributed by atoms with Crippen LogP contribution in [0.4, 0.5) is 8.78 Å². The molecule has 0 amide bonds. The van der Waals surface area contributed by atoms with E-state index in [9.17, 15) is 13.6 Å². The zero-order valence-corrected chi connectivity index (χ0v) is 6.26. The van der Waals surface area contributed by atoms with Crippen LogP contribution in [-0.4, -0.2) is 5.78 Å². The van der Waals surface area contributed by atoms with Crippen LogP contribution in [-0.2, 0) is 0 Å². The summed E-state index contributed by atoms with van der Waals surface area (Å²) in [6.07, 6.45) is -2.49. The van der Waals surface area contributed by atoms with Crippen LogP contribution in [0.2, 0.25) is 0 Å². The highest BCUT2D eigenvalue weighted by Gasteiger charge is 2.06. The van der Waals surface area contributed by atoms with Crippen LogP contribution >= 0.6 is 0 Å². The molecule has 0 aliphatic carbocycles. The second kappa shape index (κ2) is 3.43. The first-order valence-electron chi connectivity index (χ1n) is 3.35. The summed E-state index contributed by atoms with van der Waals surface area (Å²) in [4.78, 5) is 10.6. The SMILES string of the molecule is [CH2]C(=O)c1ccc(C(F)F)cc1. The van der Waals surface area contributed by atoms with E-state index >= 15 is 0 Å². The van der Waals surface area contributed by atoms with Crippen molar-refractivity contribution in [3.05, 3.63) is 42.3 Å². The Bertz CT molecular complexity index is 277. The molecule has 0 bridgehead atoms. The molecule has 0 saturated carbocycles. The summed E-state index contributed by atoms with van der Waals surface area (Å²) >= 11 is 0. The Morgan fingerprint density at radius 3 is 2.08 bits per heavy atom. The van der Waals surface area contributed by atoms with Crippen LogP contribution in [0, 0.1) is 6.92 Å². The van der Waals surface area contributed by atoms with Gasteiger partial charge < -0.3 is 0 Å². The molecule has 0 aliphatic rings. The number of carbonyl (C=O) groups is 1. The highest BCUT2D eigenvalue weighted by molar-refractivity contribution is 5.99. The zero-order valence-electron chi connectivity index (χ0n) is 6.26. The molecule has 12 heavy (non-hydrogen) atoms. The minimum absolute atomic E-state index is 0.0833. The lowest BCUT2D eigenvalue weighted by Gasteiger charge is -1.99. The van der Waals surface area contributed by atoms with Gasteiger partial charge in [0.25, 0.3) is 6.43 Å². The molecule has 0 spiro atoms. The topological polar surface area (TPSA) is 17.1 Å². The minimum Gasteiger partial charge on any atom is -0.294 e. The Balaban J connectivity index is 2.93. The van der Waals surface area contributed by atoms with Crippen molar-refractivity contribution in [1.29, 1.82) is 0 Å². The van der Waals surface area contributed by atoms with E-state index in [0.717, 1.165) is 0 Å². The van der Waals surface area contributed by atoms with Gasteiger partial charge >= 0.3 is 0 Å². The lowest BCUT2D eigenvalue weighted by molar-refractivity contribution is 0.104. The van der Waals surface area contributed by atoms with E-state index in [1.807, 2.05) is 0 Å². The predicted octanol–water partition coefficient (Wildman–Crippen LogP) is 2.64. The van der Waals surface area contributed by atoms with E-state index in [0.29, 0.717) is 5.56 Å². The van der Waals surface area contributed by atoms with Crippen LogP contribution in [0.1, 0.15) is 22.3 Å². The Labute approximate surface area is 69.0 Å². The summed E-state index contributed by atoms with van der Waals surface area (Å²) in [6.45, 7) is 3.16. The highest BCUT2D eigenvalue weighted by Crippen LogP contribution is 2.18. The van der Waals surface area contributed by atoms with E-state index in [2.05, 4.69) is 6.92 Å². The Morgan fingerprint density at radius 1 is 1.25 bits per heavy atom. The standard InChI is InChI=1S/C9H7F2O/c1-6(12)7-2-4-8(5-3-7)9(10)11/h2-5,9H,1H2. The smallest absolute Gasteiger partial charge is 0.263 e. The van der Waals surface area contributed by atoms with Gasteiger partial charge in [0.05, 0.1) is 0 Å². The van der Waals surface area contributed by atoms with Gasteiger partial charge in [0.15, 0.2) is 5.78 Å². The maximum Gasteiger partial charge on any atom is 0.263 e. The number of benzene rings is 1. The van der Waals surface area contributed by atoms with Gasteiger partial charge in [-0.05, 0) is 0 Å². The molecule has 1 aromatic carbocycles. The third kappa shape index (κ3) is 1.87. The number of hydrogen-bond acceptors (Lipinski definition) is 1. The molecule has 0 fully saturated rings. The van der Waals surface area contributed by atoms with E-state index in [-0.39, 0.29) is 11.3 Å². The number of Topliss-reactive ketones (excluding diaryl/α,β-unsaturated/α-hetero) is 1. The molecule has 1 nitrogen and oxygen atoms in total. The molecule has 1 aromatic rings. The third-order valence-electron chi connectivity index (χ3n) is 1.48. The van der Waals surface area contributed by atoms with E-state index < -0.39 is 6.43 Å². The molecule has 0 aromatic heterocycles. The number of halogens is 2. The fourth-order valence-electron chi connectivity index (χ4n) is 0.814. The van der Waals surface area contributed by atoms with Gasteiger partial charge in [-0.1, -0.05) is 24.3 Å². The molecule has 0 heterocycles. The predicted molar refractivity (Wildman–Crippen MR) is 41.1 cm³/mol. The summed E-state index contributed by atoms with van der Waals surface area (Å²) < 4.78 is 24.0. The summed E-state index contributed by atoms with van der Waals surface area (Å²) in [7, 11) is 0. The third-order valence-corrected chi connectivity index (χ3v) is 1.48. The first-order chi connectivity index (χ1) is 5.61. The van der Waals surface area contributed by atoms with Gasteiger partial charge in [0.2, 0.25) is 0 Å². The fraction of sp³-hybridized carbons (Fsp3) is 0.111. The molecule has 1 radical (unpaired) electrons. The van der Waals surface area contributed by atoms with Gasteiger partial charge in [-0.15, -0.1) is 0 Å². The van der Waals surface area contributed by atoms with Crippen LogP contribution in [0.25, 0.3) is 0 Å². The molecule has 63 valence electrons. The molecule has 1 rings (SSSR count). The van der Waals surface area contributed by atoms with E-state index in [4.69, 9.17) is 0 Å². The van der Waals surface area contributed by atoms with Crippen LogP contribution < -0.4 is 0 Å². The van der Waals surface area contributed by atoms with E-state index in [1.165, 1.54) is 24.3 Å². The van der Waals surface area contributed by atoms with Gasteiger partial charge in [-0.3, -0.25) is 4.79 Å². The number of alkyl halides is 2. The highest BCUT2D eigenvalue weighted by atomic mass is 19.3. The van der Waals surface area contributed by atoms with Gasteiger partial charge in [0.1, 0.15) is 0 Å². The molecule has 0 atom stereocenters. The second-order valence-electron chi connectivity index (χ2n) is 2.35. The molecular weight excluding hydrogens is 162 g/mol. The minimum atomic E-state index is -2.49. The van der Waals surface area contributed by atoms with Crippen molar-refractivity contribution < 1.29 is 13.6 Å². The maximum absolute atomic E-state index is 12.0. The Morgan fingerprint density at radius 2 is 1.75 bits per heavy atom. The van der Waals surface area contributed by atoms with Crippen LogP contribution in [0.15, 0.2) is 24.3 Å². The molecule has 3 heteroatoms. The van der Waals surface area contributed by atoms with Crippen molar-refractivity contribution in [2.75, 3.05) is 0 Å². The number of rotatable bonds is 2. The van der Waals surface area contributed by atoms with Gasteiger partial charge in [-0.25, -0.2) is 8.78 Å². The average molecular weight is 169 g/mol. The Hall–Kier alpha value is -1.25. The second-order valence-corrected chi connectivity index (χ2v) is 2.35. The van der Waals surface area contributed by atoms with Crippen molar-refractivity contribution in [3.63, 3.8) is 0 Å². The first kappa shape index (κ1) is 8.84. The summed E-state index contributed by atoms with van der Waals surface area (Å²) in [6, 6.07) is 5.14. The number of hydrogen-bond donors (Lipinski definition) is 0. The van der Waals surface area contributed by atoms with Crippen molar-refractivity contribution >= 4 is 5.78 Å². The maximum atomic E-state index is 12.0. The number of carbonyl (C=O) groups excluding carboxylic acids is 1. The first-order valence-corrected chi connectivity index (χ1v) is 3.35. The normalized spacial score (nSPS) is 10.3. The van der Waals surface area contributed by atoms with Gasteiger partial charge in [0, 0.05) is 18.1 Å². The average Bonchev–Trinajstić information content (AvgIpc) is 2.04. The molecular formula is C9H7F2O. The monoisotopic (exact) mass is 169 g/mol. The molecule has 0 saturated heterocycles. The van der Waals surface area contributed by atoms with Crippen LogP contribution in [0.3, 0.4) is 0 Å². The lowest BCUT2D eigenvalue weighted by Crippen LogP contribution is -1.92. The van der Waals surface area contributed by atoms with Crippen LogP contribution in [0.5, 0.6) is 0 Å². The molecule has 0 N–H and O–H groups in total. The zero-order chi connectivity index (χ0) is 9.14. The molecule has 0 unspecified atom stereocenters.